The van der Waals surface area contributed by atoms with Gasteiger partial charge in [-0.25, -0.2) is 8.42 Å². The van der Waals surface area contributed by atoms with Crippen LogP contribution in [0.25, 0.3) is 0 Å². The number of hydrogen-bond donors (Lipinski definition) is 0. The highest BCUT2D eigenvalue weighted by molar-refractivity contribution is 8.13. The lowest BCUT2D eigenvalue weighted by Crippen LogP contribution is -2.06. The van der Waals surface area contributed by atoms with Crippen LogP contribution >= 0.6 is 10.7 Å². The van der Waals surface area contributed by atoms with Gasteiger partial charge in [0.25, 0.3) is 9.05 Å². The van der Waals surface area contributed by atoms with E-state index in [9.17, 15) is 8.42 Å². The Morgan fingerprint density at radius 2 is 2.05 bits per heavy atom. The quantitative estimate of drug-likeness (QED) is 0.793. The van der Waals surface area contributed by atoms with E-state index < -0.39 is 9.05 Å². The van der Waals surface area contributed by atoms with Crippen molar-refractivity contribution in [3.63, 3.8) is 0 Å². The van der Waals surface area contributed by atoms with Crippen molar-refractivity contribution in [1.82, 2.24) is 19.9 Å². The van der Waals surface area contributed by atoms with Crippen LogP contribution in [0.5, 0.6) is 0 Å². The molecular formula is C10H13ClN4O3S. The SMILES string of the molecule is CCc1nc(Cn2nc(C)c(S(=O)(=O)Cl)c2C)no1. The van der Waals surface area contributed by atoms with Crippen LogP contribution in [0.1, 0.15) is 30.0 Å². The van der Waals surface area contributed by atoms with Crippen molar-refractivity contribution in [3.8, 4) is 0 Å². The number of aromatic nitrogens is 4. The molecule has 0 spiro atoms. The number of halogens is 1. The largest absolute Gasteiger partial charge is 0.339 e. The lowest BCUT2D eigenvalue weighted by molar-refractivity contribution is 0.374. The zero-order chi connectivity index (χ0) is 14.2. The number of rotatable bonds is 4. The first-order valence-corrected chi connectivity index (χ1v) is 7.94. The minimum Gasteiger partial charge on any atom is -0.339 e. The third-order valence-corrected chi connectivity index (χ3v) is 4.20. The molecule has 0 aliphatic rings. The van der Waals surface area contributed by atoms with E-state index in [2.05, 4.69) is 15.2 Å². The maximum absolute atomic E-state index is 11.5. The second-order valence-electron chi connectivity index (χ2n) is 4.05. The van der Waals surface area contributed by atoms with Crippen LogP contribution in [0.3, 0.4) is 0 Å². The molecule has 0 aliphatic carbocycles. The van der Waals surface area contributed by atoms with Crippen molar-refractivity contribution in [1.29, 1.82) is 0 Å². The fourth-order valence-corrected chi connectivity index (χ4v) is 3.34. The molecule has 0 N–H and O–H groups in total. The Hall–Kier alpha value is -1.41. The fourth-order valence-electron chi connectivity index (χ4n) is 1.82. The molecule has 0 saturated carbocycles. The summed E-state index contributed by atoms with van der Waals surface area (Å²) in [5.74, 6) is 0.975. The average Bonchev–Trinajstić information content (AvgIpc) is 2.84. The molecule has 0 radical (unpaired) electrons. The first-order valence-electron chi connectivity index (χ1n) is 5.63. The monoisotopic (exact) mass is 304 g/mol. The lowest BCUT2D eigenvalue weighted by Gasteiger charge is -2.00. The fraction of sp³-hybridized carbons (Fsp3) is 0.500. The Balaban J connectivity index is 2.37. The van der Waals surface area contributed by atoms with Crippen molar-refractivity contribution in [2.75, 3.05) is 0 Å². The summed E-state index contributed by atoms with van der Waals surface area (Å²) in [4.78, 5) is 4.18. The topological polar surface area (TPSA) is 90.9 Å². The molecule has 0 unspecified atom stereocenters. The van der Waals surface area contributed by atoms with Gasteiger partial charge in [0, 0.05) is 17.1 Å². The second kappa shape index (κ2) is 4.93. The molecule has 0 aromatic carbocycles. The number of aryl methyl sites for hydroxylation is 2. The molecule has 0 saturated heterocycles. The van der Waals surface area contributed by atoms with E-state index in [1.54, 1.807) is 13.8 Å². The van der Waals surface area contributed by atoms with Crippen LogP contribution in [-0.2, 0) is 22.0 Å². The molecule has 19 heavy (non-hydrogen) atoms. The Morgan fingerprint density at radius 1 is 1.37 bits per heavy atom. The van der Waals surface area contributed by atoms with Gasteiger partial charge in [-0.1, -0.05) is 12.1 Å². The van der Waals surface area contributed by atoms with Gasteiger partial charge in [-0.2, -0.15) is 10.1 Å². The molecule has 2 aromatic heterocycles. The molecule has 0 aliphatic heterocycles. The van der Waals surface area contributed by atoms with E-state index >= 15 is 0 Å². The zero-order valence-corrected chi connectivity index (χ0v) is 12.3. The summed E-state index contributed by atoms with van der Waals surface area (Å²) in [6.45, 7) is 5.36. The summed E-state index contributed by atoms with van der Waals surface area (Å²) < 4.78 is 29.4. The average molecular weight is 305 g/mol. The van der Waals surface area contributed by atoms with Gasteiger partial charge in [-0.15, -0.1) is 0 Å². The van der Waals surface area contributed by atoms with E-state index in [-0.39, 0.29) is 11.4 Å². The van der Waals surface area contributed by atoms with Crippen LogP contribution < -0.4 is 0 Å². The smallest absolute Gasteiger partial charge is 0.264 e. The predicted octanol–water partition coefficient (Wildman–Crippen LogP) is 1.42. The summed E-state index contributed by atoms with van der Waals surface area (Å²) in [7, 11) is 1.57. The summed E-state index contributed by atoms with van der Waals surface area (Å²) in [5.41, 5.74) is 0.807. The van der Waals surface area contributed by atoms with Crippen LogP contribution in [0.4, 0.5) is 0 Å². The maximum Gasteiger partial charge on any atom is 0.264 e. The maximum atomic E-state index is 11.5. The summed E-state index contributed by atoms with van der Waals surface area (Å²) >= 11 is 0. The summed E-state index contributed by atoms with van der Waals surface area (Å²) in [6.07, 6.45) is 0.644. The Morgan fingerprint density at radius 3 is 2.53 bits per heavy atom. The van der Waals surface area contributed by atoms with Gasteiger partial charge in [0.1, 0.15) is 11.4 Å². The standard InChI is InChI=1S/C10H13ClN4O3S/c1-4-9-12-8(14-18-9)5-15-7(3)10(6(2)13-15)19(11,16)17/h4-5H2,1-3H3. The van der Waals surface area contributed by atoms with Gasteiger partial charge in [-0.05, 0) is 13.8 Å². The predicted molar refractivity (Wildman–Crippen MR) is 67.5 cm³/mol. The molecule has 2 aromatic rings. The first-order chi connectivity index (χ1) is 8.82. The molecule has 0 fully saturated rings. The van der Waals surface area contributed by atoms with Crippen LogP contribution in [0.2, 0.25) is 0 Å². The van der Waals surface area contributed by atoms with Crippen LogP contribution in [-0.4, -0.2) is 28.3 Å². The summed E-state index contributed by atoms with van der Waals surface area (Å²) in [5, 5.41) is 7.93. The van der Waals surface area contributed by atoms with Crippen molar-refractivity contribution in [2.45, 2.75) is 38.6 Å². The molecule has 2 rings (SSSR count). The molecule has 9 heteroatoms. The van der Waals surface area contributed by atoms with Crippen LogP contribution in [0.15, 0.2) is 9.42 Å². The highest BCUT2D eigenvalue weighted by Gasteiger charge is 2.23. The minimum atomic E-state index is -3.81. The van der Waals surface area contributed by atoms with Gasteiger partial charge in [0.05, 0.1) is 11.4 Å². The normalized spacial score (nSPS) is 12.0. The molecule has 7 nitrogen and oxygen atoms in total. The van der Waals surface area contributed by atoms with Gasteiger partial charge < -0.3 is 4.52 Å². The number of nitrogens with zero attached hydrogens (tertiary/aromatic N) is 4. The van der Waals surface area contributed by atoms with E-state index in [4.69, 9.17) is 15.2 Å². The minimum absolute atomic E-state index is 0.0355. The van der Waals surface area contributed by atoms with Gasteiger partial charge in [-0.3, -0.25) is 4.68 Å². The molecule has 0 amide bonds. The van der Waals surface area contributed by atoms with Crippen molar-refractivity contribution < 1.29 is 12.9 Å². The van der Waals surface area contributed by atoms with E-state index in [1.807, 2.05) is 6.92 Å². The molecule has 2 heterocycles. The highest BCUT2D eigenvalue weighted by atomic mass is 35.7. The first kappa shape index (κ1) is 14.0. The molecule has 0 atom stereocenters. The van der Waals surface area contributed by atoms with Crippen molar-refractivity contribution in [3.05, 3.63) is 23.1 Å². The van der Waals surface area contributed by atoms with Crippen molar-refractivity contribution in [2.24, 2.45) is 0 Å². The van der Waals surface area contributed by atoms with Crippen LogP contribution in [0, 0.1) is 13.8 Å². The third kappa shape index (κ3) is 2.79. The molecule has 104 valence electrons. The zero-order valence-electron chi connectivity index (χ0n) is 10.7. The van der Waals surface area contributed by atoms with E-state index in [0.717, 1.165) is 0 Å². The van der Waals surface area contributed by atoms with E-state index in [1.165, 1.54) is 4.68 Å². The lowest BCUT2D eigenvalue weighted by atomic mass is 10.4. The Kier molecular flexibility index (Phi) is 3.64. The molecule has 0 bridgehead atoms. The van der Waals surface area contributed by atoms with Gasteiger partial charge in [0.2, 0.25) is 5.89 Å². The number of hydrogen-bond acceptors (Lipinski definition) is 6. The van der Waals surface area contributed by atoms with Crippen molar-refractivity contribution >= 4 is 19.7 Å². The summed E-state index contributed by atoms with van der Waals surface area (Å²) in [6, 6.07) is 0. The Labute approximate surface area is 115 Å². The Bertz CT molecular complexity index is 704. The second-order valence-corrected chi connectivity index (χ2v) is 6.56. The third-order valence-electron chi connectivity index (χ3n) is 2.66. The van der Waals surface area contributed by atoms with Gasteiger partial charge in [0.15, 0.2) is 5.82 Å². The van der Waals surface area contributed by atoms with E-state index in [0.29, 0.717) is 29.5 Å². The van der Waals surface area contributed by atoms with Gasteiger partial charge >= 0.3 is 0 Å². The molecular weight excluding hydrogens is 292 g/mol. The highest BCUT2D eigenvalue weighted by Crippen LogP contribution is 2.23.